The normalized spacial score (nSPS) is 23.8. The molecule has 2 aliphatic rings. The molecular weight excluding hydrogens is 613 g/mol. The molecule has 2 fully saturated rings. The number of rotatable bonds is 2. The van der Waals surface area contributed by atoms with Crippen LogP contribution in [0.15, 0.2) is 78.9 Å². The summed E-state index contributed by atoms with van der Waals surface area (Å²) in [6.45, 7) is 0. The van der Waals surface area contributed by atoms with Crippen LogP contribution in [-0.4, -0.2) is 32.0 Å². The van der Waals surface area contributed by atoms with Crippen LogP contribution < -0.4 is 0 Å². The molecule has 2 saturated carbocycles. The van der Waals surface area contributed by atoms with Gasteiger partial charge in [0.25, 0.3) is 0 Å². The van der Waals surface area contributed by atoms with Crippen molar-refractivity contribution in [2.75, 3.05) is 0 Å². The van der Waals surface area contributed by atoms with Gasteiger partial charge in [0.2, 0.25) is 0 Å². The number of benzene rings is 3. The summed E-state index contributed by atoms with van der Waals surface area (Å²) in [6.07, 6.45) is 7.31. The molecule has 0 aliphatic heterocycles. The van der Waals surface area contributed by atoms with Gasteiger partial charge < -0.3 is 14.8 Å². The summed E-state index contributed by atoms with van der Waals surface area (Å²) < 4.78 is 2.18. The molecule has 1 aromatic heterocycles. The first kappa shape index (κ1) is 25.8. The predicted octanol–water partition coefficient (Wildman–Crippen LogP) is 6.19. The van der Waals surface area contributed by atoms with Crippen LogP contribution in [0, 0.1) is 17.9 Å². The Morgan fingerprint density at radius 3 is 2.17 bits per heavy atom. The van der Waals surface area contributed by atoms with Crippen molar-refractivity contribution in [3.8, 4) is 17.1 Å². The van der Waals surface area contributed by atoms with Gasteiger partial charge in [-0.05, 0) is 55.9 Å². The van der Waals surface area contributed by atoms with Crippen LogP contribution in [0.3, 0.4) is 0 Å². The minimum atomic E-state index is -0.234. The number of aromatic nitrogens is 2. The minimum Gasteiger partial charge on any atom is -0.393 e. The van der Waals surface area contributed by atoms with E-state index in [1.165, 1.54) is 19.3 Å². The van der Waals surface area contributed by atoms with Crippen LogP contribution >= 0.6 is 0 Å². The van der Waals surface area contributed by atoms with Crippen molar-refractivity contribution in [1.29, 1.82) is 0 Å². The molecule has 6 rings (SSSR count). The molecule has 3 aromatic carbocycles. The summed E-state index contributed by atoms with van der Waals surface area (Å²) in [6, 6.07) is 29.7. The van der Waals surface area contributed by atoms with E-state index in [0.29, 0.717) is 5.92 Å². The first-order valence-corrected chi connectivity index (χ1v) is 12.6. The first-order chi connectivity index (χ1) is 16.7. The van der Waals surface area contributed by atoms with Gasteiger partial charge in [0.05, 0.1) is 29.1 Å². The smallest absolute Gasteiger partial charge is 0.0774 e. The van der Waals surface area contributed by atoms with Crippen molar-refractivity contribution in [2.45, 2.75) is 57.2 Å². The Labute approximate surface area is 221 Å². The third-order valence-electron chi connectivity index (χ3n) is 7.36. The monoisotopic (exact) mass is 646 g/mol. The fraction of sp³-hybridized carbons (Fsp3) is 0.367. The Bertz CT molecular complexity index is 1190. The summed E-state index contributed by atoms with van der Waals surface area (Å²) >= 11 is 0. The zero-order valence-electron chi connectivity index (χ0n) is 19.9. The Hall–Kier alpha value is -2.30. The molecule has 1 radical (unpaired) electrons. The van der Waals surface area contributed by atoms with Crippen molar-refractivity contribution < 1.29 is 30.3 Å². The number of hydrogen-bond donors (Lipinski definition) is 2. The van der Waals surface area contributed by atoms with E-state index in [1.807, 2.05) is 60.7 Å². The van der Waals surface area contributed by atoms with Crippen molar-refractivity contribution in [3.63, 3.8) is 0 Å². The molecule has 4 nitrogen and oxygen atoms in total. The number of para-hydroxylation sites is 3. The Kier molecular flexibility index (Phi) is 8.91. The molecule has 4 unspecified atom stereocenters. The molecule has 0 spiro atoms. The third-order valence-corrected chi connectivity index (χ3v) is 7.36. The van der Waals surface area contributed by atoms with Crippen molar-refractivity contribution in [2.24, 2.45) is 11.8 Å². The topological polar surface area (TPSA) is 58.3 Å². The molecule has 5 heteroatoms. The van der Waals surface area contributed by atoms with Crippen LogP contribution in [0.1, 0.15) is 44.9 Å². The molecule has 0 amide bonds. The quantitative estimate of drug-likeness (QED) is 0.256. The molecule has 2 N–H and O–H groups in total. The zero-order valence-corrected chi connectivity index (χ0v) is 22.3. The van der Waals surface area contributed by atoms with Gasteiger partial charge in [0, 0.05) is 31.7 Å². The van der Waals surface area contributed by atoms with Crippen LogP contribution in [0.2, 0.25) is 0 Å². The average Bonchev–Trinajstić information content (AvgIpc) is 3.17. The first-order valence-electron chi connectivity index (χ1n) is 12.6. The minimum absolute atomic E-state index is 0. The SMILES string of the molecule is OC1CCCCC2CCCC(O)C12.[Ir].[c-]1ccccc1-c1nc2ccccc2n1-c1ccccc1. The Morgan fingerprint density at radius 2 is 1.40 bits per heavy atom. The summed E-state index contributed by atoms with van der Waals surface area (Å²) in [5.74, 6) is 1.71. The van der Waals surface area contributed by atoms with Gasteiger partial charge >= 0.3 is 0 Å². The van der Waals surface area contributed by atoms with Gasteiger partial charge in [-0.3, -0.25) is 4.98 Å². The number of hydrogen-bond acceptors (Lipinski definition) is 3. The predicted molar refractivity (Wildman–Crippen MR) is 137 cm³/mol. The average molecular weight is 646 g/mol. The Morgan fingerprint density at radius 1 is 0.743 bits per heavy atom. The number of imidazole rings is 1. The van der Waals surface area contributed by atoms with Crippen molar-refractivity contribution >= 4 is 11.0 Å². The molecule has 2 aliphatic carbocycles. The van der Waals surface area contributed by atoms with Crippen LogP contribution in [0.5, 0.6) is 0 Å². The maximum atomic E-state index is 9.89. The number of aliphatic hydroxyl groups excluding tert-OH is 2. The molecule has 185 valence electrons. The Balaban J connectivity index is 0.000000179. The van der Waals surface area contributed by atoms with Gasteiger partial charge in [-0.15, -0.1) is 35.9 Å². The second kappa shape index (κ2) is 12.1. The maximum absolute atomic E-state index is 9.89. The third kappa shape index (κ3) is 5.76. The van der Waals surface area contributed by atoms with Gasteiger partial charge in [-0.1, -0.05) is 49.6 Å². The van der Waals surface area contributed by atoms with E-state index in [-0.39, 0.29) is 38.2 Å². The van der Waals surface area contributed by atoms with E-state index < -0.39 is 0 Å². The van der Waals surface area contributed by atoms with Gasteiger partial charge in [-0.2, -0.15) is 0 Å². The van der Waals surface area contributed by atoms with Crippen LogP contribution in [0.4, 0.5) is 0 Å². The van der Waals surface area contributed by atoms with E-state index in [0.717, 1.165) is 53.8 Å². The van der Waals surface area contributed by atoms with E-state index in [1.54, 1.807) is 0 Å². The summed E-state index contributed by atoms with van der Waals surface area (Å²) in [5, 5.41) is 19.7. The summed E-state index contributed by atoms with van der Waals surface area (Å²) in [7, 11) is 0. The fourth-order valence-electron chi connectivity index (χ4n) is 5.73. The van der Waals surface area contributed by atoms with E-state index in [9.17, 15) is 10.2 Å². The summed E-state index contributed by atoms with van der Waals surface area (Å²) in [5.41, 5.74) is 4.21. The van der Waals surface area contributed by atoms with E-state index in [2.05, 4.69) is 28.8 Å². The number of nitrogens with zero attached hydrogens (tertiary/aromatic N) is 2. The molecular formula is C30H33IrN2O2-. The molecule has 4 atom stereocenters. The second-order valence-corrected chi connectivity index (χ2v) is 9.56. The summed E-state index contributed by atoms with van der Waals surface area (Å²) in [4.78, 5) is 4.79. The fourth-order valence-corrected chi connectivity index (χ4v) is 5.73. The molecule has 1 heterocycles. The largest absolute Gasteiger partial charge is 0.393 e. The number of fused-ring (bicyclic) bond motifs is 2. The molecule has 35 heavy (non-hydrogen) atoms. The zero-order chi connectivity index (χ0) is 23.3. The van der Waals surface area contributed by atoms with E-state index in [4.69, 9.17) is 4.98 Å². The van der Waals surface area contributed by atoms with E-state index >= 15 is 0 Å². The number of aliphatic hydroxyl groups is 2. The van der Waals surface area contributed by atoms with Crippen LogP contribution in [-0.2, 0) is 20.1 Å². The van der Waals surface area contributed by atoms with Crippen molar-refractivity contribution in [3.05, 3.63) is 84.9 Å². The van der Waals surface area contributed by atoms with Crippen molar-refractivity contribution in [1.82, 2.24) is 9.55 Å². The van der Waals surface area contributed by atoms with Gasteiger partial charge in [0.15, 0.2) is 0 Å². The molecule has 4 aromatic rings. The van der Waals surface area contributed by atoms with Gasteiger partial charge in [-0.25, -0.2) is 0 Å². The standard InChI is InChI=1S/C19H13N2.C11H20O2.Ir/c1-3-9-15(10-4-1)19-20-17-13-7-8-14-18(17)21(19)16-11-5-2-6-12-16;12-9-6-2-1-4-8-5-3-7-10(13)11(8)9;/h1-9,11-14H;8-13H,1-7H2;/q-1;;. The maximum Gasteiger partial charge on any atom is 0.0774 e. The molecule has 0 saturated heterocycles. The van der Waals surface area contributed by atoms with Crippen LogP contribution in [0.25, 0.3) is 28.1 Å². The molecule has 0 bridgehead atoms. The van der Waals surface area contributed by atoms with Gasteiger partial charge in [0.1, 0.15) is 0 Å². The second-order valence-electron chi connectivity index (χ2n) is 9.56.